The molecule has 8 heteroatoms. The third-order valence-electron chi connectivity index (χ3n) is 4.45. The quantitative estimate of drug-likeness (QED) is 0.865. The second-order valence-corrected chi connectivity index (χ2v) is 6.80. The SMILES string of the molecule is CCc1cccnc1C(=O)Nc1cnn(CC(=O)N2CC(C)OC(C)C2)c1. The van der Waals surface area contributed by atoms with Crippen LogP contribution in [0.3, 0.4) is 0 Å². The molecule has 1 saturated heterocycles. The first-order valence-electron chi connectivity index (χ1n) is 9.17. The summed E-state index contributed by atoms with van der Waals surface area (Å²) in [5.41, 5.74) is 1.82. The van der Waals surface area contributed by atoms with Crippen molar-refractivity contribution in [2.24, 2.45) is 0 Å². The molecule has 1 aliphatic rings. The number of hydrogen-bond donors (Lipinski definition) is 1. The Bertz CT molecular complexity index is 809. The first kappa shape index (κ1) is 19.0. The van der Waals surface area contributed by atoms with Crippen molar-refractivity contribution in [2.45, 2.75) is 45.9 Å². The number of carbonyl (C=O) groups is 2. The van der Waals surface area contributed by atoms with Gasteiger partial charge in [-0.3, -0.25) is 19.3 Å². The molecule has 3 rings (SSSR count). The molecule has 1 aliphatic heterocycles. The maximum Gasteiger partial charge on any atom is 0.274 e. The molecular weight excluding hydrogens is 346 g/mol. The molecule has 3 heterocycles. The van der Waals surface area contributed by atoms with Crippen LogP contribution in [-0.4, -0.2) is 56.8 Å². The lowest BCUT2D eigenvalue weighted by Crippen LogP contribution is -2.49. The molecule has 0 spiro atoms. The first-order valence-corrected chi connectivity index (χ1v) is 9.17. The molecule has 2 aromatic heterocycles. The van der Waals surface area contributed by atoms with Crippen LogP contribution in [-0.2, 0) is 22.5 Å². The van der Waals surface area contributed by atoms with E-state index in [4.69, 9.17) is 4.74 Å². The minimum Gasteiger partial charge on any atom is -0.372 e. The molecule has 2 atom stereocenters. The highest BCUT2D eigenvalue weighted by Crippen LogP contribution is 2.13. The van der Waals surface area contributed by atoms with Gasteiger partial charge < -0.3 is 15.0 Å². The fourth-order valence-corrected chi connectivity index (χ4v) is 3.25. The molecule has 27 heavy (non-hydrogen) atoms. The van der Waals surface area contributed by atoms with E-state index in [1.54, 1.807) is 17.3 Å². The maximum atomic E-state index is 12.5. The van der Waals surface area contributed by atoms with E-state index in [1.807, 2.05) is 32.9 Å². The summed E-state index contributed by atoms with van der Waals surface area (Å²) in [5.74, 6) is -0.301. The van der Waals surface area contributed by atoms with Crippen molar-refractivity contribution in [1.82, 2.24) is 19.7 Å². The Hall–Kier alpha value is -2.74. The van der Waals surface area contributed by atoms with Crippen molar-refractivity contribution in [3.63, 3.8) is 0 Å². The summed E-state index contributed by atoms with van der Waals surface area (Å²) in [6.45, 7) is 7.17. The summed E-state index contributed by atoms with van der Waals surface area (Å²) >= 11 is 0. The van der Waals surface area contributed by atoms with Crippen LogP contribution in [0.15, 0.2) is 30.7 Å². The van der Waals surface area contributed by atoms with E-state index in [-0.39, 0.29) is 30.6 Å². The number of ether oxygens (including phenoxy) is 1. The molecule has 0 radical (unpaired) electrons. The van der Waals surface area contributed by atoms with Gasteiger partial charge in [0, 0.05) is 25.5 Å². The van der Waals surface area contributed by atoms with Crippen LogP contribution in [0.25, 0.3) is 0 Å². The Morgan fingerprint density at radius 3 is 2.74 bits per heavy atom. The van der Waals surface area contributed by atoms with E-state index in [0.29, 0.717) is 24.5 Å². The molecule has 8 nitrogen and oxygen atoms in total. The van der Waals surface area contributed by atoms with Crippen LogP contribution in [0.2, 0.25) is 0 Å². The lowest BCUT2D eigenvalue weighted by molar-refractivity contribution is -0.144. The number of hydrogen-bond acceptors (Lipinski definition) is 5. The summed E-state index contributed by atoms with van der Waals surface area (Å²) in [6, 6.07) is 3.70. The van der Waals surface area contributed by atoms with Crippen LogP contribution >= 0.6 is 0 Å². The molecular formula is C19H25N5O3. The van der Waals surface area contributed by atoms with Crippen molar-refractivity contribution in [1.29, 1.82) is 0 Å². The average Bonchev–Trinajstić information content (AvgIpc) is 3.07. The van der Waals surface area contributed by atoms with Crippen molar-refractivity contribution in [2.75, 3.05) is 18.4 Å². The molecule has 0 saturated carbocycles. The third kappa shape index (κ3) is 4.71. The molecule has 0 aliphatic carbocycles. The van der Waals surface area contributed by atoms with E-state index in [1.165, 1.54) is 10.9 Å². The van der Waals surface area contributed by atoms with Crippen LogP contribution in [0.4, 0.5) is 5.69 Å². The maximum absolute atomic E-state index is 12.5. The van der Waals surface area contributed by atoms with Crippen LogP contribution in [0.5, 0.6) is 0 Å². The van der Waals surface area contributed by atoms with Gasteiger partial charge >= 0.3 is 0 Å². The van der Waals surface area contributed by atoms with Gasteiger partial charge in [-0.2, -0.15) is 5.10 Å². The second-order valence-electron chi connectivity index (χ2n) is 6.80. The zero-order valence-electron chi connectivity index (χ0n) is 15.9. The molecule has 2 unspecified atom stereocenters. The van der Waals surface area contributed by atoms with Crippen molar-refractivity contribution in [3.05, 3.63) is 42.0 Å². The first-order chi connectivity index (χ1) is 13.0. The van der Waals surface area contributed by atoms with E-state index >= 15 is 0 Å². The standard InChI is InChI=1S/C19H25N5O3/c1-4-15-6-5-7-20-18(15)19(26)22-16-8-21-24(11-16)12-17(25)23-9-13(2)27-14(3)10-23/h5-8,11,13-14H,4,9-10,12H2,1-3H3,(H,22,26). The third-order valence-corrected chi connectivity index (χ3v) is 4.45. The van der Waals surface area contributed by atoms with Crippen molar-refractivity contribution in [3.8, 4) is 0 Å². The Morgan fingerprint density at radius 2 is 2.04 bits per heavy atom. The smallest absolute Gasteiger partial charge is 0.274 e. The molecule has 0 bridgehead atoms. The fraction of sp³-hybridized carbons (Fsp3) is 0.474. The predicted molar refractivity (Wildman–Crippen MR) is 100 cm³/mol. The van der Waals surface area contributed by atoms with E-state index < -0.39 is 0 Å². The molecule has 2 aromatic rings. The van der Waals surface area contributed by atoms with Gasteiger partial charge in [0.1, 0.15) is 12.2 Å². The molecule has 2 amide bonds. The number of carbonyl (C=O) groups excluding carboxylic acids is 2. The second kappa shape index (κ2) is 8.30. The lowest BCUT2D eigenvalue weighted by atomic mass is 10.1. The molecule has 0 aromatic carbocycles. The summed E-state index contributed by atoms with van der Waals surface area (Å²) in [6.07, 6.45) is 5.55. The summed E-state index contributed by atoms with van der Waals surface area (Å²) in [5, 5.41) is 6.97. The Balaban J connectivity index is 1.61. The number of anilines is 1. The zero-order chi connectivity index (χ0) is 19.4. The van der Waals surface area contributed by atoms with Crippen molar-refractivity contribution < 1.29 is 14.3 Å². The van der Waals surface area contributed by atoms with E-state index in [2.05, 4.69) is 15.4 Å². The fourth-order valence-electron chi connectivity index (χ4n) is 3.25. The average molecular weight is 371 g/mol. The minimum absolute atomic E-state index is 0.0176. The van der Waals surface area contributed by atoms with Gasteiger partial charge in [0.2, 0.25) is 5.91 Å². The van der Waals surface area contributed by atoms with E-state index in [0.717, 1.165) is 12.0 Å². The number of rotatable bonds is 5. The van der Waals surface area contributed by atoms with Crippen LogP contribution in [0.1, 0.15) is 36.8 Å². The minimum atomic E-state index is -0.283. The Kier molecular flexibility index (Phi) is 5.85. The highest BCUT2D eigenvalue weighted by molar-refractivity contribution is 6.03. The number of aromatic nitrogens is 3. The molecule has 1 N–H and O–H groups in total. The summed E-state index contributed by atoms with van der Waals surface area (Å²) in [4.78, 5) is 30.9. The summed E-state index contributed by atoms with van der Waals surface area (Å²) in [7, 11) is 0. The molecule has 144 valence electrons. The number of nitrogens with zero attached hydrogens (tertiary/aromatic N) is 4. The van der Waals surface area contributed by atoms with Gasteiger partial charge in [0.15, 0.2) is 0 Å². The number of amides is 2. The number of pyridine rings is 1. The zero-order valence-corrected chi connectivity index (χ0v) is 15.9. The van der Waals surface area contributed by atoms with Gasteiger partial charge in [-0.15, -0.1) is 0 Å². The number of morpholine rings is 1. The highest BCUT2D eigenvalue weighted by atomic mass is 16.5. The predicted octanol–water partition coefficient (Wildman–Crippen LogP) is 1.73. The summed E-state index contributed by atoms with van der Waals surface area (Å²) < 4.78 is 7.19. The van der Waals surface area contributed by atoms with Gasteiger partial charge in [-0.05, 0) is 31.9 Å². The van der Waals surface area contributed by atoms with Gasteiger partial charge in [-0.1, -0.05) is 13.0 Å². The number of aryl methyl sites for hydroxylation is 1. The van der Waals surface area contributed by atoms with Gasteiger partial charge in [0.05, 0.1) is 24.1 Å². The Labute approximate surface area is 158 Å². The Morgan fingerprint density at radius 1 is 1.30 bits per heavy atom. The lowest BCUT2D eigenvalue weighted by Gasteiger charge is -2.35. The largest absolute Gasteiger partial charge is 0.372 e. The van der Waals surface area contributed by atoms with Gasteiger partial charge in [-0.25, -0.2) is 0 Å². The number of nitrogens with one attached hydrogen (secondary N) is 1. The topological polar surface area (TPSA) is 89.3 Å². The van der Waals surface area contributed by atoms with Gasteiger partial charge in [0.25, 0.3) is 5.91 Å². The normalized spacial score (nSPS) is 19.7. The molecule has 1 fully saturated rings. The van der Waals surface area contributed by atoms with Crippen LogP contribution < -0.4 is 5.32 Å². The monoisotopic (exact) mass is 371 g/mol. The van der Waals surface area contributed by atoms with Crippen molar-refractivity contribution >= 4 is 17.5 Å². The van der Waals surface area contributed by atoms with E-state index in [9.17, 15) is 9.59 Å². The highest BCUT2D eigenvalue weighted by Gasteiger charge is 2.26. The van der Waals surface area contributed by atoms with Crippen LogP contribution in [0, 0.1) is 0 Å².